The molecule has 3 rings (SSSR count). The molecule has 0 saturated heterocycles. The Bertz CT molecular complexity index is 656. The smallest absolute Gasteiger partial charge is 0.223 e. The van der Waals surface area contributed by atoms with Crippen LogP contribution in [0, 0.1) is 6.92 Å². The van der Waals surface area contributed by atoms with Gasteiger partial charge in [-0.1, -0.05) is 35.0 Å². The van der Waals surface area contributed by atoms with Crippen LogP contribution in [0.3, 0.4) is 0 Å². The predicted octanol–water partition coefficient (Wildman–Crippen LogP) is 3.18. The third-order valence-electron chi connectivity index (χ3n) is 2.39. The highest BCUT2D eigenvalue weighted by atomic mass is 35.5. The number of benzene rings is 1. The first-order chi connectivity index (χ1) is 7.75. The molecular formula is C11H8ClN3O. The Hall–Kier alpha value is -1.81. The van der Waals surface area contributed by atoms with Gasteiger partial charge in [-0.05, 0) is 6.07 Å². The summed E-state index contributed by atoms with van der Waals surface area (Å²) in [7, 11) is 0. The summed E-state index contributed by atoms with van der Waals surface area (Å²) in [4.78, 5) is 7.32. The Kier molecular flexibility index (Phi) is 1.97. The molecule has 0 amide bonds. The molecular weight excluding hydrogens is 226 g/mol. The highest BCUT2D eigenvalue weighted by molar-refractivity contribution is 6.38. The number of H-pyrrole nitrogens is 1. The monoisotopic (exact) mass is 233 g/mol. The zero-order valence-corrected chi connectivity index (χ0v) is 9.25. The van der Waals surface area contributed by atoms with Crippen LogP contribution < -0.4 is 0 Å². The van der Waals surface area contributed by atoms with E-state index in [2.05, 4.69) is 15.1 Å². The van der Waals surface area contributed by atoms with Gasteiger partial charge in [0.2, 0.25) is 11.7 Å². The maximum atomic E-state index is 6.25. The van der Waals surface area contributed by atoms with E-state index >= 15 is 0 Å². The Morgan fingerprint density at radius 1 is 1.31 bits per heavy atom. The number of rotatable bonds is 1. The van der Waals surface area contributed by atoms with Gasteiger partial charge in [0.1, 0.15) is 5.69 Å². The van der Waals surface area contributed by atoms with Gasteiger partial charge < -0.3 is 9.51 Å². The average molecular weight is 234 g/mol. The summed E-state index contributed by atoms with van der Waals surface area (Å²) in [6, 6.07) is 7.79. The Morgan fingerprint density at radius 3 is 2.81 bits per heavy atom. The Labute approximate surface area is 96.2 Å². The SMILES string of the molecule is Cc1nc(-c2[nH]c3ccccc3c2Cl)no1. The summed E-state index contributed by atoms with van der Waals surface area (Å²) in [5.74, 6) is 1.00. The molecule has 0 unspecified atom stereocenters. The van der Waals surface area contributed by atoms with Crippen LogP contribution in [0.15, 0.2) is 28.8 Å². The summed E-state index contributed by atoms with van der Waals surface area (Å²) in [6.45, 7) is 1.74. The molecule has 5 heteroatoms. The second-order valence-corrected chi connectivity index (χ2v) is 3.87. The lowest BCUT2D eigenvalue weighted by Gasteiger charge is -1.88. The number of aryl methyl sites for hydroxylation is 1. The molecule has 0 aliphatic rings. The molecule has 4 nitrogen and oxygen atoms in total. The molecule has 1 N–H and O–H groups in total. The minimum Gasteiger partial charge on any atom is -0.351 e. The predicted molar refractivity (Wildman–Crippen MR) is 61.3 cm³/mol. The van der Waals surface area contributed by atoms with E-state index in [1.54, 1.807) is 6.92 Å². The van der Waals surface area contributed by atoms with Crippen molar-refractivity contribution in [3.05, 3.63) is 35.2 Å². The minimum atomic E-state index is 0.485. The summed E-state index contributed by atoms with van der Waals surface area (Å²) < 4.78 is 4.93. The van der Waals surface area contributed by atoms with Crippen molar-refractivity contribution < 1.29 is 4.52 Å². The molecule has 3 aromatic rings. The molecule has 0 aliphatic heterocycles. The zero-order chi connectivity index (χ0) is 11.1. The van der Waals surface area contributed by atoms with Crippen LogP contribution in [-0.2, 0) is 0 Å². The molecule has 16 heavy (non-hydrogen) atoms. The van der Waals surface area contributed by atoms with Crippen LogP contribution in [0.25, 0.3) is 22.4 Å². The highest BCUT2D eigenvalue weighted by Gasteiger charge is 2.15. The third kappa shape index (κ3) is 1.31. The number of fused-ring (bicyclic) bond motifs is 1. The molecule has 0 saturated carbocycles. The van der Waals surface area contributed by atoms with Gasteiger partial charge in [-0.25, -0.2) is 0 Å². The number of hydrogen-bond donors (Lipinski definition) is 1. The molecule has 2 aromatic heterocycles. The molecule has 0 aliphatic carbocycles. The Balaban J connectivity index is 2.28. The van der Waals surface area contributed by atoms with Gasteiger partial charge in [0.25, 0.3) is 0 Å². The van der Waals surface area contributed by atoms with Crippen LogP contribution in [0.5, 0.6) is 0 Å². The molecule has 0 fully saturated rings. The quantitative estimate of drug-likeness (QED) is 0.702. The van der Waals surface area contributed by atoms with Gasteiger partial charge >= 0.3 is 0 Å². The van der Waals surface area contributed by atoms with Gasteiger partial charge in [0.15, 0.2) is 0 Å². The molecule has 0 radical (unpaired) electrons. The topological polar surface area (TPSA) is 54.7 Å². The summed E-state index contributed by atoms with van der Waals surface area (Å²) in [5.41, 5.74) is 1.66. The van der Waals surface area contributed by atoms with Gasteiger partial charge in [0.05, 0.1) is 5.02 Å². The van der Waals surface area contributed by atoms with E-state index < -0.39 is 0 Å². The molecule has 2 heterocycles. The first-order valence-corrected chi connectivity index (χ1v) is 5.20. The summed E-state index contributed by atoms with van der Waals surface area (Å²) in [6.07, 6.45) is 0. The standard InChI is InChI=1S/C11H8ClN3O/c1-6-13-11(15-16-6)10-9(12)7-4-2-3-5-8(7)14-10/h2-5,14H,1H3. The van der Waals surface area contributed by atoms with Crippen molar-refractivity contribution >= 4 is 22.5 Å². The van der Waals surface area contributed by atoms with Crippen molar-refractivity contribution in [2.75, 3.05) is 0 Å². The van der Waals surface area contributed by atoms with E-state index in [1.165, 1.54) is 0 Å². The van der Waals surface area contributed by atoms with E-state index in [1.807, 2.05) is 24.3 Å². The maximum absolute atomic E-state index is 6.25. The van der Waals surface area contributed by atoms with E-state index in [4.69, 9.17) is 16.1 Å². The number of halogens is 1. The van der Waals surface area contributed by atoms with Crippen LogP contribution in [0.2, 0.25) is 5.02 Å². The second-order valence-electron chi connectivity index (χ2n) is 3.50. The highest BCUT2D eigenvalue weighted by Crippen LogP contribution is 2.32. The first-order valence-electron chi connectivity index (χ1n) is 4.82. The van der Waals surface area contributed by atoms with Crippen molar-refractivity contribution in [2.24, 2.45) is 0 Å². The van der Waals surface area contributed by atoms with E-state index in [0.29, 0.717) is 22.4 Å². The Morgan fingerprint density at radius 2 is 2.12 bits per heavy atom. The van der Waals surface area contributed by atoms with Gasteiger partial charge in [-0.2, -0.15) is 4.98 Å². The molecule has 1 aromatic carbocycles. The lowest BCUT2D eigenvalue weighted by molar-refractivity contribution is 0.394. The van der Waals surface area contributed by atoms with Crippen LogP contribution in [0.1, 0.15) is 5.89 Å². The molecule has 80 valence electrons. The number of nitrogens with zero attached hydrogens (tertiary/aromatic N) is 2. The van der Waals surface area contributed by atoms with Crippen molar-refractivity contribution in [3.63, 3.8) is 0 Å². The summed E-state index contributed by atoms with van der Waals surface area (Å²) in [5, 5.41) is 5.42. The van der Waals surface area contributed by atoms with Crippen LogP contribution >= 0.6 is 11.6 Å². The number of nitrogens with one attached hydrogen (secondary N) is 1. The van der Waals surface area contributed by atoms with Gasteiger partial charge in [-0.15, -0.1) is 0 Å². The van der Waals surface area contributed by atoms with Gasteiger partial charge in [-0.3, -0.25) is 0 Å². The largest absolute Gasteiger partial charge is 0.351 e. The average Bonchev–Trinajstić information content (AvgIpc) is 2.84. The fraction of sp³-hybridized carbons (Fsp3) is 0.0909. The minimum absolute atomic E-state index is 0.485. The van der Waals surface area contributed by atoms with Crippen molar-refractivity contribution in [1.82, 2.24) is 15.1 Å². The molecule has 0 spiro atoms. The van der Waals surface area contributed by atoms with E-state index in [9.17, 15) is 0 Å². The zero-order valence-electron chi connectivity index (χ0n) is 8.49. The lowest BCUT2D eigenvalue weighted by atomic mass is 10.2. The normalized spacial score (nSPS) is 11.1. The van der Waals surface area contributed by atoms with E-state index in [0.717, 1.165) is 10.9 Å². The molecule has 0 atom stereocenters. The van der Waals surface area contributed by atoms with Gasteiger partial charge in [0, 0.05) is 17.8 Å². The molecule has 0 bridgehead atoms. The van der Waals surface area contributed by atoms with Crippen LogP contribution in [0.4, 0.5) is 0 Å². The number of aromatic nitrogens is 3. The van der Waals surface area contributed by atoms with Crippen LogP contribution in [-0.4, -0.2) is 15.1 Å². The third-order valence-corrected chi connectivity index (χ3v) is 2.79. The van der Waals surface area contributed by atoms with Crippen molar-refractivity contribution in [3.8, 4) is 11.5 Å². The number of para-hydroxylation sites is 1. The van der Waals surface area contributed by atoms with Crippen molar-refractivity contribution in [2.45, 2.75) is 6.92 Å². The number of hydrogen-bond acceptors (Lipinski definition) is 3. The second kappa shape index (κ2) is 3.35. The fourth-order valence-electron chi connectivity index (χ4n) is 1.66. The fourth-order valence-corrected chi connectivity index (χ4v) is 1.96. The van der Waals surface area contributed by atoms with E-state index in [-0.39, 0.29) is 0 Å². The van der Waals surface area contributed by atoms with Crippen molar-refractivity contribution in [1.29, 1.82) is 0 Å². The number of aromatic amines is 1. The maximum Gasteiger partial charge on any atom is 0.223 e. The summed E-state index contributed by atoms with van der Waals surface area (Å²) >= 11 is 6.25. The first kappa shape index (κ1) is 9.42. The lowest BCUT2D eigenvalue weighted by Crippen LogP contribution is -1.80.